The van der Waals surface area contributed by atoms with Crippen LogP contribution in [0.2, 0.25) is 5.02 Å². The number of anilines is 1. The molecule has 0 radical (unpaired) electrons. The standard InChI is InChI=1S/C25H21ClN2O5/c1-14-7-9-15(10-8-14)28-22(18-6-4-5-11-27-18)21(24(30)25(28)31)23(29)16-12-17(26)20(33-3)13-19(16)32-2/h4-13,22,29H,1-3H3/b23-21+. The lowest BCUT2D eigenvalue weighted by Gasteiger charge is -2.25. The van der Waals surface area contributed by atoms with Gasteiger partial charge < -0.3 is 14.6 Å². The van der Waals surface area contributed by atoms with Crippen LogP contribution in [0.4, 0.5) is 5.69 Å². The van der Waals surface area contributed by atoms with Crippen LogP contribution in [-0.4, -0.2) is 36.0 Å². The van der Waals surface area contributed by atoms with E-state index in [1.807, 2.05) is 19.1 Å². The fourth-order valence-electron chi connectivity index (χ4n) is 3.81. The van der Waals surface area contributed by atoms with Crippen LogP contribution in [0.3, 0.4) is 0 Å². The molecule has 0 spiro atoms. The number of rotatable bonds is 5. The van der Waals surface area contributed by atoms with Crippen LogP contribution >= 0.6 is 11.6 Å². The molecule has 0 bridgehead atoms. The Kier molecular flexibility index (Phi) is 6.07. The minimum atomic E-state index is -0.945. The van der Waals surface area contributed by atoms with Crippen molar-refractivity contribution in [1.29, 1.82) is 0 Å². The molecule has 33 heavy (non-hydrogen) atoms. The number of aryl methyl sites for hydroxylation is 1. The van der Waals surface area contributed by atoms with Crippen LogP contribution in [0, 0.1) is 6.92 Å². The Morgan fingerprint density at radius 2 is 1.73 bits per heavy atom. The number of Topliss-reactive ketones (excluding diaryl/α,β-unsaturated/α-hetero) is 1. The normalized spacial score (nSPS) is 17.3. The van der Waals surface area contributed by atoms with E-state index in [1.165, 1.54) is 31.3 Å². The third-order valence-corrected chi connectivity index (χ3v) is 5.75. The van der Waals surface area contributed by atoms with E-state index in [0.29, 0.717) is 17.1 Å². The van der Waals surface area contributed by atoms with Crippen molar-refractivity contribution in [2.24, 2.45) is 0 Å². The zero-order chi connectivity index (χ0) is 23.7. The molecule has 1 unspecified atom stereocenters. The molecule has 1 amide bonds. The smallest absolute Gasteiger partial charge is 0.300 e. The molecule has 1 N–H and O–H groups in total. The van der Waals surface area contributed by atoms with Crippen molar-refractivity contribution in [3.8, 4) is 11.5 Å². The topological polar surface area (TPSA) is 89.0 Å². The fourth-order valence-corrected chi connectivity index (χ4v) is 4.05. The number of nitrogens with zero attached hydrogens (tertiary/aromatic N) is 2. The minimum Gasteiger partial charge on any atom is -0.507 e. The first kappa shape index (κ1) is 22.4. The molecule has 1 aromatic heterocycles. The van der Waals surface area contributed by atoms with E-state index in [0.717, 1.165) is 5.56 Å². The predicted octanol–water partition coefficient (Wildman–Crippen LogP) is 4.69. The zero-order valence-corrected chi connectivity index (χ0v) is 19.0. The summed E-state index contributed by atoms with van der Waals surface area (Å²) in [6.07, 6.45) is 1.56. The van der Waals surface area contributed by atoms with Crippen LogP contribution in [0.5, 0.6) is 11.5 Å². The number of aromatic nitrogens is 1. The number of halogens is 1. The highest BCUT2D eigenvalue weighted by atomic mass is 35.5. The van der Waals surface area contributed by atoms with Gasteiger partial charge in [0.2, 0.25) is 0 Å². The number of carbonyl (C=O) groups excluding carboxylic acids is 2. The van der Waals surface area contributed by atoms with Gasteiger partial charge in [0, 0.05) is 18.0 Å². The van der Waals surface area contributed by atoms with E-state index >= 15 is 0 Å². The first-order valence-electron chi connectivity index (χ1n) is 10.1. The predicted molar refractivity (Wildman–Crippen MR) is 125 cm³/mol. The Labute approximate surface area is 195 Å². The monoisotopic (exact) mass is 464 g/mol. The summed E-state index contributed by atoms with van der Waals surface area (Å²) in [7, 11) is 2.87. The molecule has 1 aliphatic rings. The molecule has 168 valence electrons. The number of amides is 1. The molecule has 4 rings (SSSR count). The lowest BCUT2D eigenvalue weighted by Crippen LogP contribution is -2.29. The van der Waals surface area contributed by atoms with Crippen LogP contribution in [0.15, 0.2) is 66.4 Å². The van der Waals surface area contributed by atoms with E-state index < -0.39 is 23.5 Å². The molecule has 3 aromatic rings. The highest BCUT2D eigenvalue weighted by Crippen LogP contribution is 2.44. The number of hydrogen-bond acceptors (Lipinski definition) is 6. The van der Waals surface area contributed by atoms with Crippen molar-refractivity contribution in [2.75, 3.05) is 19.1 Å². The maximum atomic E-state index is 13.2. The summed E-state index contributed by atoms with van der Waals surface area (Å²) in [6, 6.07) is 14.4. The maximum absolute atomic E-state index is 13.2. The molecule has 8 heteroatoms. The van der Waals surface area contributed by atoms with Gasteiger partial charge >= 0.3 is 0 Å². The van der Waals surface area contributed by atoms with E-state index in [-0.39, 0.29) is 21.9 Å². The van der Waals surface area contributed by atoms with Crippen molar-refractivity contribution >= 4 is 34.7 Å². The summed E-state index contributed by atoms with van der Waals surface area (Å²) >= 11 is 6.28. The highest BCUT2D eigenvalue weighted by Gasteiger charge is 2.47. The Balaban J connectivity index is 1.97. The Bertz CT molecular complexity index is 1260. The van der Waals surface area contributed by atoms with Gasteiger partial charge in [0.25, 0.3) is 11.7 Å². The van der Waals surface area contributed by atoms with Gasteiger partial charge in [-0.05, 0) is 37.3 Å². The van der Waals surface area contributed by atoms with Gasteiger partial charge in [0.1, 0.15) is 23.3 Å². The van der Waals surface area contributed by atoms with Crippen LogP contribution in [0.25, 0.3) is 5.76 Å². The number of ketones is 1. The van der Waals surface area contributed by atoms with Gasteiger partial charge in [-0.1, -0.05) is 35.4 Å². The quantitative estimate of drug-likeness (QED) is 0.335. The molecule has 0 saturated carbocycles. The van der Waals surface area contributed by atoms with Crippen LogP contribution in [-0.2, 0) is 9.59 Å². The van der Waals surface area contributed by atoms with Gasteiger partial charge in [-0.3, -0.25) is 19.5 Å². The highest BCUT2D eigenvalue weighted by molar-refractivity contribution is 6.51. The summed E-state index contributed by atoms with van der Waals surface area (Å²) in [5.41, 5.74) is 1.99. The minimum absolute atomic E-state index is 0.112. The average molecular weight is 465 g/mol. The maximum Gasteiger partial charge on any atom is 0.300 e. The molecule has 1 atom stereocenters. The summed E-state index contributed by atoms with van der Waals surface area (Å²) in [5, 5.41) is 11.5. The second-order valence-electron chi connectivity index (χ2n) is 7.45. The Morgan fingerprint density at radius 1 is 1.03 bits per heavy atom. The summed E-state index contributed by atoms with van der Waals surface area (Å²) in [5.74, 6) is -1.45. The van der Waals surface area contributed by atoms with E-state index in [4.69, 9.17) is 21.1 Å². The molecule has 1 fully saturated rings. The lowest BCUT2D eigenvalue weighted by atomic mass is 9.97. The van der Waals surface area contributed by atoms with Crippen molar-refractivity contribution < 1.29 is 24.2 Å². The molecule has 2 aromatic carbocycles. The van der Waals surface area contributed by atoms with Crippen LogP contribution in [0.1, 0.15) is 22.9 Å². The lowest BCUT2D eigenvalue weighted by molar-refractivity contribution is -0.132. The SMILES string of the molecule is COc1cc(OC)c(/C(O)=C2\C(=O)C(=O)N(c3ccc(C)cc3)C2c2ccccn2)cc1Cl. The van der Waals surface area contributed by atoms with Crippen molar-refractivity contribution in [3.63, 3.8) is 0 Å². The second-order valence-corrected chi connectivity index (χ2v) is 7.85. The number of ether oxygens (including phenoxy) is 2. The van der Waals surface area contributed by atoms with Crippen molar-refractivity contribution in [3.05, 3.63) is 88.2 Å². The van der Waals surface area contributed by atoms with Gasteiger partial charge in [-0.25, -0.2) is 0 Å². The van der Waals surface area contributed by atoms with Gasteiger partial charge in [-0.2, -0.15) is 0 Å². The summed E-state index contributed by atoms with van der Waals surface area (Å²) < 4.78 is 10.6. The third-order valence-electron chi connectivity index (χ3n) is 5.45. The average Bonchev–Trinajstić information content (AvgIpc) is 3.10. The number of methoxy groups -OCH3 is 2. The van der Waals surface area contributed by atoms with E-state index in [9.17, 15) is 14.7 Å². The molecule has 2 heterocycles. The second kappa shape index (κ2) is 8.96. The largest absolute Gasteiger partial charge is 0.507 e. The summed E-state index contributed by atoms with van der Waals surface area (Å²) in [6.45, 7) is 1.92. The molecule has 1 saturated heterocycles. The molecule has 7 nitrogen and oxygen atoms in total. The Morgan fingerprint density at radius 3 is 2.33 bits per heavy atom. The molecule has 1 aliphatic heterocycles. The molecular weight excluding hydrogens is 444 g/mol. The zero-order valence-electron chi connectivity index (χ0n) is 18.2. The van der Waals surface area contributed by atoms with E-state index in [1.54, 1.807) is 36.5 Å². The van der Waals surface area contributed by atoms with E-state index in [2.05, 4.69) is 4.98 Å². The molecular formula is C25H21ClN2O5. The Hall–Kier alpha value is -3.84. The van der Waals surface area contributed by atoms with Gasteiger partial charge in [-0.15, -0.1) is 0 Å². The first-order chi connectivity index (χ1) is 15.9. The number of benzene rings is 2. The van der Waals surface area contributed by atoms with Crippen molar-refractivity contribution in [1.82, 2.24) is 4.98 Å². The number of pyridine rings is 1. The third kappa shape index (κ3) is 3.91. The molecule has 0 aliphatic carbocycles. The number of aliphatic hydroxyl groups is 1. The number of aliphatic hydroxyl groups excluding tert-OH is 1. The number of carbonyl (C=O) groups is 2. The van der Waals surface area contributed by atoms with Crippen LogP contribution < -0.4 is 14.4 Å². The van der Waals surface area contributed by atoms with Gasteiger partial charge in [0.15, 0.2) is 0 Å². The van der Waals surface area contributed by atoms with Gasteiger partial charge in [0.05, 0.1) is 36.1 Å². The number of hydrogen-bond donors (Lipinski definition) is 1. The van der Waals surface area contributed by atoms with Crippen molar-refractivity contribution in [2.45, 2.75) is 13.0 Å². The summed E-state index contributed by atoms with van der Waals surface area (Å²) in [4.78, 5) is 32.1. The first-order valence-corrected chi connectivity index (χ1v) is 10.5. The fraction of sp³-hybridized carbons (Fsp3) is 0.160.